The molecule has 1 N–H and O–H groups in total. The molecule has 0 bridgehead atoms. The highest BCUT2D eigenvalue weighted by atomic mass is 16.5. The lowest BCUT2D eigenvalue weighted by Crippen LogP contribution is -2.40. The molecule has 1 aliphatic rings. The number of ether oxygens (including phenoxy) is 1. The molecule has 2 heteroatoms. The van der Waals surface area contributed by atoms with Crippen molar-refractivity contribution in [1.29, 1.82) is 0 Å². The Kier molecular flexibility index (Phi) is 5.90. The van der Waals surface area contributed by atoms with Crippen LogP contribution in [0.1, 0.15) is 57.9 Å². The molecule has 20 heavy (non-hydrogen) atoms. The quantitative estimate of drug-likeness (QED) is 0.750. The highest BCUT2D eigenvalue weighted by Crippen LogP contribution is 2.39. The number of nitrogens with one attached hydrogen (secondary N) is 1. The van der Waals surface area contributed by atoms with E-state index in [9.17, 15) is 0 Å². The van der Waals surface area contributed by atoms with E-state index in [0.717, 1.165) is 25.4 Å². The lowest BCUT2D eigenvalue weighted by molar-refractivity contribution is 0.280. The van der Waals surface area contributed by atoms with Crippen molar-refractivity contribution in [2.45, 2.75) is 57.8 Å². The van der Waals surface area contributed by atoms with Crippen LogP contribution >= 0.6 is 0 Å². The summed E-state index contributed by atoms with van der Waals surface area (Å²) in [5.41, 5.74) is 1.84. The van der Waals surface area contributed by atoms with Gasteiger partial charge in [-0.1, -0.05) is 38.3 Å². The summed E-state index contributed by atoms with van der Waals surface area (Å²) < 4.78 is 5.56. The molecule has 0 heterocycles. The number of rotatable bonds is 7. The Morgan fingerprint density at radius 3 is 2.35 bits per heavy atom. The molecule has 1 aromatic carbocycles. The van der Waals surface area contributed by atoms with E-state index in [-0.39, 0.29) is 0 Å². The van der Waals surface area contributed by atoms with E-state index in [1.165, 1.54) is 44.1 Å². The van der Waals surface area contributed by atoms with Crippen LogP contribution in [0.2, 0.25) is 0 Å². The smallest absolute Gasteiger partial charge is 0.119 e. The van der Waals surface area contributed by atoms with Gasteiger partial charge in [0.1, 0.15) is 5.75 Å². The summed E-state index contributed by atoms with van der Waals surface area (Å²) in [4.78, 5) is 0. The second kappa shape index (κ2) is 7.68. The van der Waals surface area contributed by atoms with Crippen LogP contribution in [0.25, 0.3) is 0 Å². The van der Waals surface area contributed by atoms with Gasteiger partial charge in [0.25, 0.3) is 0 Å². The summed E-state index contributed by atoms with van der Waals surface area (Å²) in [7, 11) is 0. The maximum atomic E-state index is 5.56. The van der Waals surface area contributed by atoms with Crippen LogP contribution in [-0.2, 0) is 5.41 Å². The van der Waals surface area contributed by atoms with Crippen molar-refractivity contribution in [3.63, 3.8) is 0 Å². The zero-order valence-electron chi connectivity index (χ0n) is 13.1. The van der Waals surface area contributed by atoms with Crippen molar-refractivity contribution >= 4 is 0 Å². The molecular weight excluding hydrogens is 246 g/mol. The third-order valence-corrected chi connectivity index (χ3v) is 4.48. The molecule has 1 saturated carbocycles. The topological polar surface area (TPSA) is 21.3 Å². The first kappa shape index (κ1) is 15.4. The maximum Gasteiger partial charge on any atom is 0.119 e. The molecule has 0 amide bonds. The SMILES string of the molecule is CCCNCC1(c2ccc(OCC)cc2)CCCCC1. The Hall–Kier alpha value is -1.02. The normalized spacial score (nSPS) is 17.9. The highest BCUT2D eigenvalue weighted by Gasteiger charge is 2.33. The van der Waals surface area contributed by atoms with Gasteiger partial charge in [0.2, 0.25) is 0 Å². The number of hydrogen-bond acceptors (Lipinski definition) is 2. The Bertz CT molecular complexity index is 379. The maximum absolute atomic E-state index is 5.56. The average Bonchev–Trinajstić information content (AvgIpc) is 2.50. The van der Waals surface area contributed by atoms with Gasteiger partial charge in [0, 0.05) is 12.0 Å². The molecule has 0 aliphatic heterocycles. The highest BCUT2D eigenvalue weighted by molar-refractivity contribution is 5.33. The van der Waals surface area contributed by atoms with Gasteiger partial charge in [-0.3, -0.25) is 0 Å². The molecule has 112 valence electrons. The molecule has 0 aromatic heterocycles. The van der Waals surface area contributed by atoms with Gasteiger partial charge in [-0.15, -0.1) is 0 Å². The Labute approximate surface area is 123 Å². The van der Waals surface area contributed by atoms with Crippen molar-refractivity contribution in [1.82, 2.24) is 5.32 Å². The second-order valence-corrected chi connectivity index (χ2v) is 5.98. The first-order chi connectivity index (χ1) is 9.80. The van der Waals surface area contributed by atoms with Gasteiger partial charge >= 0.3 is 0 Å². The Balaban J connectivity index is 2.12. The van der Waals surface area contributed by atoms with E-state index in [1.54, 1.807) is 0 Å². The van der Waals surface area contributed by atoms with Gasteiger partial charge in [-0.05, 0) is 50.4 Å². The van der Waals surface area contributed by atoms with Crippen LogP contribution in [0.5, 0.6) is 5.75 Å². The molecular formula is C18H29NO. The van der Waals surface area contributed by atoms with Crippen LogP contribution in [0.4, 0.5) is 0 Å². The molecule has 0 unspecified atom stereocenters. The number of benzene rings is 1. The molecule has 1 fully saturated rings. The van der Waals surface area contributed by atoms with Crippen molar-refractivity contribution < 1.29 is 4.74 Å². The summed E-state index contributed by atoms with van der Waals surface area (Å²) in [5.74, 6) is 0.990. The minimum absolute atomic E-state index is 0.345. The Morgan fingerprint density at radius 1 is 1.05 bits per heavy atom. The monoisotopic (exact) mass is 275 g/mol. The van der Waals surface area contributed by atoms with Crippen molar-refractivity contribution in [2.24, 2.45) is 0 Å². The van der Waals surface area contributed by atoms with Crippen LogP contribution in [0.3, 0.4) is 0 Å². The average molecular weight is 275 g/mol. The summed E-state index contributed by atoms with van der Waals surface area (Å²) >= 11 is 0. The van der Waals surface area contributed by atoms with Crippen molar-refractivity contribution in [2.75, 3.05) is 19.7 Å². The van der Waals surface area contributed by atoms with Gasteiger partial charge in [0.05, 0.1) is 6.61 Å². The minimum Gasteiger partial charge on any atom is -0.494 e. The third kappa shape index (κ3) is 3.76. The van der Waals surface area contributed by atoms with Gasteiger partial charge < -0.3 is 10.1 Å². The minimum atomic E-state index is 0.345. The first-order valence-corrected chi connectivity index (χ1v) is 8.25. The standard InChI is InChI=1S/C18H29NO/c1-3-14-19-15-18(12-6-5-7-13-18)16-8-10-17(11-9-16)20-4-2/h8-11,19H,3-7,12-15H2,1-2H3. The van der Waals surface area contributed by atoms with E-state index < -0.39 is 0 Å². The molecule has 2 rings (SSSR count). The van der Waals surface area contributed by atoms with E-state index in [1.807, 2.05) is 6.92 Å². The molecule has 1 aliphatic carbocycles. The molecule has 0 atom stereocenters. The van der Waals surface area contributed by atoms with Gasteiger partial charge in [0.15, 0.2) is 0 Å². The fourth-order valence-corrected chi connectivity index (χ4v) is 3.37. The zero-order chi connectivity index (χ0) is 14.3. The lowest BCUT2D eigenvalue weighted by atomic mass is 9.69. The molecule has 2 nitrogen and oxygen atoms in total. The molecule has 1 aromatic rings. The third-order valence-electron chi connectivity index (χ3n) is 4.48. The Morgan fingerprint density at radius 2 is 1.75 bits per heavy atom. The summed E-state index contributed by atoms with van der Waals surface area (Å²) in [5, 5.41) is 3.65. The molecule has 0 spiro atoms. The zero-order valence-corrected chi connectivity index (χ0v) is 13.1. The second-order valence-electron chi connectivity index (χ2n) is 5.98. The predicted octanol–water partition coefficient (Wildman–Crippen LogP) is 4.29. The summed E-state index contributed by atoms with van der Waals surface area (Å²) in [6, 6.07) is 8.83. The largest absolute Gasteiger partial charge is 0.494 e. The lowest BCUT2D eigenvalue weighted by Gasteiger charge is -2.38. The van der Waals surface area contributed by atoms with Crippen LogP contribution in [0.15, 0.2) is 24.3 Å². The molecule has 0 radical (unpaired) electrons. The summed E-state index contributed by atoms with van der Waals surface area (Å²) in [6.07, 6.45) is 7.96. The van der Waals surface area contributed by atoms with E-state index >= 15 is 0 Å². The first-order valence-electron chi connectivity index (χ1n) is 8.25. The van der Waals surface area contributed by atoms with Crippen LogP contribution in [0, 0.1) is 0 Å². The summed E-state index contributed by atoms with van der Waals surface area (Å²) in [6.45, 7) is 7.25. The fourth-order valence-electron chi connectivity index (χ4n) is 3.37. The van der Waals surface area contributed by atoms with Crippen LogP contribution < -0.4 is 10.1 Å². The van der Waals surface area contributed by atoms with E-state index in [4.69, 9.17) is 4.74 Å². The van der Waals surface area contributed by atoms with Crippen molar-refractivity contribution in [3.8, 4) is 5.75 Å². The van der Waals surface area contributed by atoms with Gasteiger partial charge in [-0.2, -0.15) is 0 Å². The van der Waals surface area contributed by atoms with E-state index in [0.29, 0.717) is 5.41 Å². The molecule has 0 saturated heterocycles. The number of hydrogen-bond donors (Lipinski definition) is 1. The van der Waals surface area contributed by atoms with Crippen molar-refractivity contribution in [3.05, 3.63) is 29.8 Å². The van der Waals surface area contributed by atoms with Gasteiger partial charge in [-0.25, -0.2) is 0 Å². The predicted molar refractivity (Wildman–Crippen MR) is 85.5 cm³/mol. The fraction of sp³-hybridized carbons (Fsp3) is 0.667. The van der Waals surface area contributed by atoms with E-state index in [2.05, 4.69) is 36.5 Å². The van der Waals surface area contributed by atoms with Crippen LogP contribution in [-0.4, -0.2) is 19.7 Å².